The molecule has 0 unspecified atom stereocenters. The lowest BCUT2D eigenvalue weighted by molar-refractivity contribution is 0.583. The highest BCUT2D eigenvalue weighted by molar-refractivity contribution is 6.35. The Balaban J connectivity index is 2.27. The highest BCUT2D eigenvalue weighted by Gasteiger charge is 2.03. The van der Waals surface area contributed by atoms with Crippen molar-refractivity contribution in [1.82, 2.24) is 10.3 Å². The van der Waals surface area contributed by atoms with E-state index < -0.39 is 0 Å². The molecule has 3 heteroatoms. The molecule has 1 aromatic heterocycles. The SMILES string of the molecule is CC(C)NCc1cc2cccc(Cl)c2[nH]1. The van der Waals surface area contributed by atoms with Crippen molar-refractivity contribution >= 4 is 22.5 Å². The molecule has 2 nitrogen and oxygen atoms in total. The van der Waals surface area contributed by atoms with Gasteiger partial charge in [0.2, 0.25) is 0 Å². The summed E-state index contributed by atoms with van der Waals surface area (Å²) in [7, 11) is 0. The molecule has 80 valence electrons. The summed E-state index contributed by atoms with van der Waals surface area (Å²) in [4.78, 5) is 3.32. The summed E-state index contributed by atoms with van der Waals surface area (Å²) in [6.07, 6.45) is 0. The van der Waals surface area contributed by atoms with Gasteiger partial charge in [0.25, 0.3) is 0 Å². The van der Waals surface area contributed by atoms with Crippen LogP contribution >= 0.6 is 11.6 Å². The van der Waals surface area contributed by atoms with Crippen LogP contribution in [0.1, 0.15) is 19.5 Å². The van der Waals surface area contributed by atoms with Crippen LogP contribution in [0.2, 0.25) is 5.02 Å². The van der Waals surface area contributed by atoms with Gasteiger partial charge in [0, 0.05) is 23.7 Å². The van der Waals surface area contributed by atoms with E-state index in [2.05, 4.69) is 36.3 Å². The van der Waals surface area contributed by atoms with Gasteiger partial charge in [-0.25, -0.2) is 0 Å². The van der Waals surface area contributed by atoms with Gasteiger partial charge in [-0.2, -0.15) is 0 Å². The fourth-order valence-corrected chi connectivity index (χ4v) is 1.82. The minimum Gasteiger partial charge on any atom is -0.356 e. The molecular weight excluding hydrogens is 208 g/mol. The lowest BCUT2D eigenvalue weighted by atomic mass is 10.2. The minimum absolute atomic E-state index is 0.492. The number of halogens is 1. The number of benzene rings is 1. The van der Waals surface area contributed by atoms with E-state index in [0.29, 0.717) is 6.04 Å². The molecule has 2 rings (SSSR count). The van der Waals surface area contributed by atoms with Crippen molar-refractivity contribution in [3.8, 4) is 0 Å². The lowest BCUT2D eigenvalue weighted by Gasteiger charge is -2.05. The van der Waals surface area contributed by atoms with Crippen molar-refractivity contribution in [1.29, 1.82) is 0 Å². The van der Waals surface area contributed by atoms with E-state index in [9.17, 15) is 0 Å². The summed E-state index contributed by atoms with van der Waals surface area (Å²) in [6.45, 7) is 5.12. The molecule has 0 saturated carbocycles. The van der Waals surface area contributed by atoms with Crippen molar-refractivity contribution in [2.45, 2.75) is 26.4 Å². The third kappa shape index (κ3) is 2.33. The summed E-state index contributed by atoms with van der Waals surface area (Å²) in [5.74, 6) is 0. The highest BCUT2D eigenvalue weighted by Crippen LogP contribution is 2.23. The standard InChI is InChI=1S/C12H15ClN2/c1-8(2)14-7-10-6-9-4-3-5-11(13)12(9)15-10/h3-6,8,14-15H,7H2,1-2H3. The van der Waals surface area contributed by atoms with Gasteiger partial charge in [-0.3, -0.25) is 0 Å². The number of nitrogens with one attached hydrogen (secondary N) is 2. The second-order valence-corrected chi connectivity index (χ2v) is 4.44. The number of rotatable bonds is 3. The van der Waals surface area contributed by atoms with Gasteiger partial charge in [0.05, 0.1) is 10.5 Å². The predicted molar refractivity (Wildman–Crippen MR) is 65.3 cm³/mol. The normalized spacial score (nSPS) is 11.5. The monoisotopic (exact) mass is 222 g/mol. The summed E-state index contributed by atoms with van der Waals surface area (Å²) in [5.41, 5.74) is 2.20. The van der Waals surface area contributed by atoms with Crippen molar-refractivity contribution < 1.29 is 0 Å². The molecule has 1 heterocycles. The zero-order valence-corrected chi connectivity index (χ0v) is 9.73. The molecule has 0 amide bonds. The van der Waals surface area contributed by atoms with Crippen LogP contribution in [-0.2, 0) is 6.54 Å². The van der Waals surface area contributed by atoms with Crippen LogP contribution in [0.4, 0.5) is 0 Å². The molecule has 0 bridgehead atoms. The Hall–Kier alpha value is -0.990. The third-order valence-corrected chi connectivity index (χ3v) is 2.68. The number of hydrogen-bond donors (Lipinski definition) is 2. The fourth-order valence-electron chi connectivity index (χ4n) is 1.59. The minimum atomic E-state index is 0.492. The number of H-pyrrole nitrogens is 1. The van der Waals surface area contributed by atoms with E-state index >= 15 is 0 Å². The van der Waals surface area contributed by atoms with E-state index in [1.54, 1.807) is 0 Å². The molecule has 0 radical (unpaired) electrons. The Bertz CT molecular complexity index is 460. The molecule has 0 atom stereocenters. The van der Waals surface area contributed by atoms with Gasteiger partial charge >= 0.3 is 0 Å². The smallest absolute Gasteiger partial charge is 0.0647 e. The predicted octanol–water partition coefficient (Wildman–Crippen LogP) is 3.32. The number of fused-ring (bicyclic) bond motifs is 1. The van der Waals surface area contributed by atoms with E-state index in [4.69, 9.17) is 11.6 Å². The first-order chi connectivity index (χ1) is 7.16. The van der Waals surface area contributed by atoms with E-state index in [-0.39, 0.29) is 0 Å². The van der Waals surface area contributed by atoms with Gasteiger partial charge in [-0.05, 0) is 12.1 Å². The molecule has 2 aromatic rings. The molecule has 2 N–H and O–H groups in total. The second-order valence-electron chi connectivity index (χ2n) is 4.03. The van der Waals surface area contributed by atoms with Gasteiger partial charge in [0.15, 0.2) is 0 Å². The lowest BCUT2D eigenvalue weighted by Crippen LogP contribution is -2.21. The maximum atomic E-state index is 6.08. The molecular formula is C12H15ClN2. The zero-order chi connectivity index (χ0) is 10.8. The number of para-hydroxylation sites is 1. The molecule has 1 aromatic carbocycles. The van der Waals surface area contributed by atoms with Gasteiger partial charge in [-0.1, -0.05) is 37.6 Å². The zero-order valence-electron chi connectivity index (χ0n) is 8.97. The van der Waals surface area contributed by atoms with E-state index in [0.717, 1.165) is 17.1 Å². The van der Waals surface area contributed by atoms with Crippen LogP contribution in [0, 0.1) is 0 Å². The third-order valence-electron chi connectivity index (χ3n) is 2.36. The van der Waals surface area contributed by atoms with Crippen LogP contribution in [-0.4, -0.2) is 11.0 Å². The first-order valence-corrected chi connectivity index (χ1v) is 5.54. The molecule has 15 heavy (non-hydrogen) atoms. The average Bonchev–Trinajstić information content (AvgIpc) is 2.59. The molecule has 0 aliphatic heterocycles. The largest absolute Gasteiger partial charge is 0.356 e. The Kier molecular flexibility index (Phi) is 2.98. The molecule has 0 fully saturated rings. The van der Waals surface area contributed by atoms with Crippen LogP contribution < -0.4 is 5.32 Å². The van der Waals surface area contributed by atoms with E-state index in [1.165, 1.54) is 11.1 Å². The van der Waals surface area contributed by atoms with Crippen LogP contribution in [0.5, 0.6) is 0 Å². The fraction of sp³-hybridized carbons (Fsp3) is 0.333. The Morgan fingerprint density at radius 2 is 2.20 bits per heavy atom. The summed E-state index contributed by atoms with van der Waals surface area (Å²) >= 11 is 6.08. The van der Waals surface area contributed by atoms with E-state index in [1.807, 2.05) is 12.1 Å². The Morgan fingerprint density at radius 1 is 1.40 bits per heavy atom. The quantitative estimate of drug-likeness (QED) is 0.819. The van der Waals surface area contributed by atoms with Crippen molar-refractivity contribution in [3.63, 3.8) is 0 Å². The van der Waals surface area contributed by atoms with Crippen molar-refractivity contribution in [2.24, 2.45) is 0 Å². The summed E-state index contributed by atoms with van der Waals surface area (Å²) in [6, 6.07) is 8.57. The Labute approximate surface area is 94.6 Å². The first kappa shape index (κ1) is 10.5. The molecule has 0 spiro atoms. The summed E-state index contributed by atoms with van der Waals surface area (Å²) < 4.78 is 0. The van der Waals surface area contributed by atoms with Gasteiger partial charge in [-0.15, -0.1) is 0 Å². The second kappa shape index (κ2) is 4.25. The molecule has 0 aliphatic carbocycles. The maximum Gasteiger partial charge on any atom is 0.0647 e. The highest BCUT2D eigenvalue weighted by atomic mass is 35.5. The van der Waals surface area contributed by atoms with Crippen LogP contribution in [0.15, 0.2) is 24.3 Å². The average molecular weight is 223 g/mol. The maximum absolute atomic E-state index is 6.08. The Morgan fingerprint density at radius 3 is 2.87 bits per heavy atom. The van der Waals surface area contributed by atoms with Crippen LogP contribution in [0.25, 0.3) is 10.9 Å². The van der Waals surface area contributed by atoms with Crippen molar-refractivity contribution in [2.75, 3.05) is 0 Å². The van der Waals surface area contributed by atoms with Gasteiger partial charge < -0.3 is 10.3 Å². The molecule has 0 saturated heterocycles. The van der Waals surface area contributed by atoms with Crippen molar-refractivity contribution in [3.05, 3.63) is 35.0 Å². The molecule has 0 aliphatic rings. The number of aromatic nitrogens is 1. The first-order valence-electron chi connectivity index (χ1n) is 5.16. The number of hydrogen-bond acceptors (Lipinski definition) is 1. The van der Waals surface area contributed by atoms with Gasteiger partial charge in [0.1, 0.15) is 0 Å². The van der Waals surface area contributed by atoms with Crippen LogP contribution in [0.3, 0.4) is 0 Å². The topological polar surface area (TPSA) is 27.8 Å². The number of aromatic amines is 1. The summed E-state index contributed by atoms with van der Waals surface area (Å²) in [5, 5.41) is 5.32.